The number of rotatable bonds is 9. The van der Waals surface area contributed by atoms with Gasteiger partial charge in [0.1, 0.15) is 0 Å². The standard InChI is InChI=1S/C25H34ClN3O/c1-20-6-5-7-23(18-20)29-16-14-28(15-17-29)13-4-3-12-27-25(30)11-10-22-9-8-21(2)24(26)19-22/h5-9,18-19H,3-4,10-17H2,1-2H3,(H,27,30). The van der Waals surface area contributed by atoms with Crippen molar-refractivity contribution in [2.24, 2.45) is 0 Å². The number of piperazine rings is 1. The lowest BCUT2D eigenvalue weighted by molar-refractivity contribution is -0.121. The van der Waals surface area contributed by atoms with Crippen LogP contribution in [0.15, 0.2) is 42.5 Å². The molecule has 30 heavy (non-hydrogen) atoms. The third-order valence-electron chi connectivity index (χ3n) is 5.84. The van der Waals surface area contributed by atoms with E-state index in [9.17, 15) is 4.79 Å². The second kappa shape index (κ2) is 11.4. The van der Waals surface area contributed by atoms with Crippen LogP contribution >= 0.6 is 11.6 Å². The summed E-state index contributed by atoms with van der Waals surface area (Å²) in [4.78, 5) is 17.1. The fourth-order valence-corrected chi connectivity index (χ4v) is 4.08. The van der Waals surface area contributed by atoms with Crippen molar-refractivity contribution in [2.45, 2.75) is 39.5 Å². The number of amides is 1. The normalized spacial score (nSPS) is 14.7. The Hall–Kier alpha value is -2.04. The molecule has 1 heterocycles. The van der Waals surface area contributed by atoms with Gasteiger partial charge in [0.25, 0.3) is 0 Å². The van der Waals surface area contributed by atoms with Gasteiger partial charge in [-0.15, -0.1) is 0 Å². The summed E-state index contributed by atoms with van der Waals surface area (Å²) < 4.78 is 0. The average Bonchev–Trinajstić information content (AvgIpc) is 2.75. The number of halogens is 1. The topological polar surface area (TPSA) is 35.6 Å². The summed E-state index contributed by atoms with van der Waals surface area (Å²) in [7, 11) is 0. The molecule has 0 bridgehead atoms. The first kappa shape index (κ1) is 22.6. The van der Waals surface area contributed by atoms with Crippen molar-refractivity contribution in [3.05, 3.63) is 64.2 Å². The third-order valence-corrected chi connectivity index (χ3v) is 6.25. The minimum atomic E-state index is 0.124. The highest BCUT2D eigenvalue weighted by molar-refractivity contribution is 6.31. The van der Waals surface area contributed by atoms with Crippen LogP contribution in [0.5, 0.6) is 0 Å². The zero-order valence-electron chi connectivity index (χ0n) is 18.3. The number of hydrogen-bond acceptors (Lipinski definition) is 3. The summed E-state index contributed by atoms with van der Waals surface area (Å²) >= 11 is 6.15. The number of unbranched alkanes of at least 4 members (excludes halogenated alkanes) is 1. The molecule has 162 valence electrons. The molecule has 5 heteroatoms. The van der Waals surface area contributed by atoms with Crippen molar-refractivity contribution in [3.8, 4) is 0 Å². The Labute approximate surface area is 186 Å². The van der Waals surface area contributed by atoms with E-state index >= 15 is 0 Å². The molecule has 1 aliphatic rings. The van der Waals surface area contributed by atoms with Crippen LogP contribution in [0.1, 0.15) is 36.0 Å². The predicted molar refractivity (Wildman–Crippen MR) is 127 cm³/mol. The van der Waals surface area contributed by atoms with E-state index in [1.54, 1.807) is 0 Å². The fourth-order valence-electron chi connectivity index (χ4n) is 3.88. The van der Waals surface area contributed by atoms with Crippen molar-refractivity contribution in [1.82, 2.24) is 10.2 Å². The molecule has 1 amide bonds. The number of anilines is 1. The first-order valence-electron chi connectivity index (χ1n) is 11.1. The lowest BCUT2D eigenvalue weighted by Crippen LogP contribution is -2.46. The molecule has 0 radical (unpaired) electrons. The number of carbonyl (C=O) groups is 1. The Morgan fingerprint density at radius 2 is 1.83 bits per heavy atom. The molecule has 0 aliphatic carbocycles. The van der Waals surface area contributed by atoms with Crippen LogP contribution in [0.4, 0.5) is 5.69 Å². The summed E-state index contributed by atoms with van der Waals surface area (Å²) in [6, 6.07) is 14.8. The van der Waals surface area contributed by atoms with Crippen molar-refractivity contribution in [2.75, 3.05) is 44.2 Å². The molecular weight excluding hydrogens is 394 g/mol. The molecule has 2 aromatic carbocycles. The molecule has 0 atom stereocenters. The van der Waals surface area contributed by atoms with Crippen LogP contribution in [0.25, 0.3) is 0 Å². The maximum absolute atomic E-state index is 12.1. The number of benzene rings is 2. The van der Waals surface area contributed by atoms with Crippen LogP contribution in [-0.4, -0.2) is 50.1 Å². The molecule has 1 fully saturated rings. The highest BCUT2D eigenvalue weighted by atomic mass is 35.5. The molecule has 1 saturated heterocycles. The Bertz CT molecular complexity index is 831. The molecule has 2 aromatic rings. The van der Waals surface area contributed by atoms with E-state index in [-0.39, 0.29) is 5.91 Å². The lowest BCUT2D eigenvalue weighted by atomic mass is 10.1. The van der Waals surface area contributed by atoms with Crippen molar-refractivity contribution >= 4 is 23.2 Å². The summed E-state index contributed by atoms with van der Waals surface area (Å²) in [5.74, 6) is 0.124. The molecular formula is C25H34ClN3O. The van der Waals surface area contributed by atoms with Crippen LogP contribution in [0.3, 0.4) is 0 Å². The molecule has 4 nitrogen and oxygen atoms in total. The first-order chi connectivity index (χ1) is 14.5. The molecule has 1 N–H and O–H groups in total. The van der Waals surface area contributed by atoms with E-state index in [0.29, 0.717) is 6.42 Å². The Morgan fingerprint density at radius 3 is 2.57 bits per heavy atom. The van der Waals surface area contributed by atoms with Gasteiger partial charge in [-0.05, 0) is 74.5 Å². The highest BCUT2D eigenvalue weighted by Crippen LogP contribution is 2.18. The Kier molecular flexibility index (Phi) is 8.59. The molecule has 1 aliphatic heterocycles. The van der Waals surface area contributed by atoms with E-state index in [0.717, 1.165) is 74.7 Å². The van der Waals surface area contributed by atoms with E-state index in [2.05, 4.69) is 46.3 Å². The van der Waals surface area contributed by atoms with Gasteiger partial charge in [-0.25, -0.2) is 0 Å². The highest BCUT2D eigenvalue weighted by Gasteiger charge is 2.16. The number of hydrogen-bond donors (Lipinski definition) is 1. The number of carbonyl (C=O) groups excluding carboxylic acids is 1. The molecule has 0 aromatic heterocycles. The monoisotopic (exact) mass is 427 g/mol. The van der Waals surface area contributed by atoms with Crippen LogP contribution in [0, 0.1) is 13.8 Å². The fraction of sp³-hybridized carbons (Fsp3) is 0.480. The lowest BCUT2D eigenvalue weighted by Gasteiger charge is -2.36. The quantitative estimate of drug-likeness (QED) is 0.593. The molecule has 0 spiro atoms. The summed E-state index contributed by atoms with van der Waals surface area (Å²) in [5.41, 5.74) is 4.84. The Balaban J connectivity index is 1.25. The zero-order valence-corrected chi connectivity index (χ0v) is 19.0. The maximum atomic E-state index is 12.1. The number of aryl methyl sites for hydroxylation is 3. The van der Waals surface area contributed by atoms with E-state index < -0.39 is 0 Å². The summed E-state index contributed by atoms with van der Waals surface area (Å²) in [5, 5.41) is 3.82. The second-order valence-corrected chi connectivity index (χ2v) is 8.72. The number of nitrogens with zero attached hydrogens (tertiary/aromatic N) is 2. The van der Waals surface area contributed by atoms with Gasteiger partial charge in [0.05, 0.1) is 0 Å². The van der Waals surface area contributed by atoms with Gasteiger partial charge >= 0.3 is 0 Å². The van der Waals surface area contributed by atoms with Gasteiger partial charge in [0, 0.05) is 49.9 Å². The van der Waals surface area contributed by atoms with Crippen LogP contribution < -0.4 is 10.2 Å². The largest absolute Gasteiger partial charge is 0.369 e. The minimum absolute atomic E-state index is 0.124. The third kappa shape index (κ3) is 7.03. The van der Waals surface area contributed by atoms with E-state index in [4.69, 9.17) is 11.6 Å². The average molecular weight is 428 g/mol. The predicted octanol–water partition coefficient (Wildman–Crippen LogP) is 4.61. The van der Waals surface area contributed by atoms with Crippen molar-refractivity contribution < 1.29 is 4.79 Å². The number of nitrogens with one attached hydrogen (secondary N) is 1. The SMILES string of the molecule is Cc1cccc(N2CCN(CCCCNC(=O)CCc3ccc(C)c(Cl)c3)CC2)c1. The van der Waals surface area contributed by atoms with Crippen LogP contribution in [0.2, 0.25) is 5.02 Å². The molecule has 0 unspecified atom stereocenters. The second-order valence-electron chi connectivity index (χ2n) is 8.31. The minimum Gasteiger partial charge on any atom is -0.369 e. The Morgan fingerprint density at radius 1 is 1.03 bits per heavy atom. The van der Waals surface area contributed by atoms with Gasteiger partial charge in [-0.3, -0.25) is 9.69 Å². The van der Waals surface area contributed by atoms with Gasteiger partial charge in [0.2, 0.25) is 5.91 Å². The van der Waals surface area contributed by atoms with E-state index in [1.807, 2.05) is 25.1 Å². The van der Waals surface area contributed by atoms with Gasteiger partial charge < -0.3 is 10.2 Å². The maximum Gasteiger partial charge on any atom is 0.220 e. The van der Waals surface area contributed by atoms with Crippen molar-refractivity contribution in [3.63, 3.8) is 0 Å². The zero-order chi connectivity index (χ0) is 21.3. The van der Waals surface area contributed by atoms with Gasteiger partial charge in [-0.2, -0.15) is 0 Å². The first-order valence-corrected chi connectivity index (χ1v) is 11.4. The van der Waals surface area contributed by atoms with Gasteiger partial charge in [-0.1, -0.05) is 35.9 Å². The summed E-state index contributed by atoms with van der Waals surface area (Å²) in [6.45, 7) is 10.4. The summed E-state index contributed by atoms with van der Waals surface area (Å²) in [6.07, 6.45) is 3.40. The van der Waals surface area contributed by atoms with Crippen LogP contribution in [-0.2, 0) is 11.2 Å². The van der Waals surface area contributed by atoms with Crippen molar-refractivity contribution in [1.29, 1.82) is 0 Å². The van der Waals surface area contributed by atoms with E-state index in [1.165, 1.54) is 11.3 Å². The molecule has 3 rings (SSSR count). The van der Waals surface area contributed by atoms with Gasteiger partial charge in [0.15, 0.2) is 0 Å². The smallest absolute Gasteiger partial charge is 0.220 e. The molecule has 0 saturated carbocycles.